The van der Waals surface area contributed by atoms with Crippen molar-refractivity contribution in [2.45, 2.75) is 20.0 Å². The Morgan fingerprint density at radius 1 is 1.15 bits per heavy atom. The molecule has 1 amide bonds. The van der Waals surface area contributed by atoms with Crippen molar-refractivity contribution in [1.29, 1.82) is 0 Å². The largest absolute Gasteiger partial charge is 0.493 e. The summed E-state index contributed by atoms with van der Waals surface area (Å²) in [5, 5.41) is 0. The van der Waals surface area contributed by atoms with E-state index in [1.54, 1.807) is 17.1 Å². The molecule has 2 aromatic rings. The van der Waals surface area contributed by atoms with Gasteiger partial charge in [0.1, 0.15) is 12.4 Å². The molecule has 2 aromatic carbocycles. The predicted octanol–water partition coefficient (Wildman–Crippen LogP) is 3.79. The first-order chi connectivity index (χ1) is 13.2. The standard InChI is InChI=1S/C22H25NO4/c1-3-23(15-18-16-26-20-11-7-8-12-21(20)27-18)22(24)14-13-17-9-5-6-10-19(17)25-4-2/h5-14,18H,3-4,15-16H2,1-2H3. The van der Waals surface area contributed by atoms with Gasteiger partial charge in [0.25, 0.3) is 0 Å². The van der Waals surface area contributed by atoms with Gasteiger partial charge in [-0.3, -0.25) is 4.79 Å². The van der Waals surface area contributed by atoms with Crippen molar-refractivity contribution in [2.24, 2.45) is 0 Å². The average molecular weight is 367 g/mol. The van der Waals surface area contributed by atoms with Gasteiger partial charge >= 0.3 is 0 Å². The third kappa shape index (κ3) is 4.82. The van der Waals surface area contributed by atoms with Gasteiger partial charge < -0.3 is 19.1 Å². The molecule has 0 bridgehead atoms. The summed E-state index contributed by atoms with van der Waals surface area (Å²) in [6, 6.07) is 15.3. The van der Waals surface area contributed by atoms with Gasteiger partial charge in [0.15, 0.2) is 17.6 Å². The fourth-order valence-corrected chi connectivity index (χ4v) is 2.95. The lowest BCUT2D eigenvalue weighted by Gasteiger charge is -2.30. The first-order valence-corrected chi connectivity index (χ1v) is 9.28. The SMILES string of the molecule is CCOc1ccccc1C=CC(=O)N(CC)CC1COc2ccccc2O1. The average Bonchev–Trinajstić information content (AvgIpc) is 2.71. The highest BCUT2D eigenvalue weighted by Gasteiger charge is 2.24. The number of ether oxygens (including phenoxy) is 3. The quantitative estimate of drug-likeness (QED) is 0.699. The van der Waals surface area contributed by atoms with Crippen molar-refractivity contribution in [3.05, 3.63) is 60.2 Å². The van der Waals surface area contributed by atoms with Crippen molar-refractivity contribution >= 4 is 12.0 Å². The molecule has 0 saturated carbocycles. The zero-order valence-electron chi connectivity index (χ0n) is 15.8. The Morgan fingerprint density at radius 2 is 1.89 bits per heavy atom. The molecule has 142 valence electrons. The van der Waals surface area contributed by atoms with E-state index in [1.807, 2.05) is 62.4 Å². The molecule has 1 aliphatic rings. The summed E-state index contributed by atoms with van der Waals surface area (Å²) in [5.41, 5.74) is 0.884. The second-order valence-corrected chi connectivity index (χ2v) is 6.18. The van der Waals surface area contributed by atoms with Gasteiger partial charge in [-0.25, -0.2) is 0 Å². The number of nitrogens with zero attached hydrogens (tertiary/aromatic N) is 1. The minimum Gasteiger partial charge on any atom is -0.493 e. The molecule has 0 N–H and O–H groups in total. The second-order valence-electron chi connectivity index (χ2n) is 6.18. The van der Waals surface area contributed by atoms with Crippen molar-refractivity contribution < 1.29 is 19.0 Å². The molecule has 5 heteroatoms. The van der Waals surface area contributed by atoms with Crippen LogP contribution in [0.4, 0.5) is 0 Å². The molecule has 1 heterocycles. The Hall–Kier alpha value is -2.95. The number of carbonyl (C=O) groups excluding carboxylic acids is 1. The number of hydrogen-bond donors (Lipinski definition) is 0. The molecule has 3 rings (SSSR count). The summed E-state index contributed by atoms with van der Waals surface area (Å²) >= 11 is 0. The van der Waals surface area contributed by atoms with Crippen molar-refractivity contribution in [3.63, 3.8) is 0 Å². The van der Waals surface area contributed by atoms with Crippen LogP contribution in [0.2, 0.25) is 0 Å². The van der Waals surface area contributed by atoms with E-state index < -0.39 is 0 Å². The highest BCUT2D eigenvalue weighted by atomic mass is 16.6. The fraction of sp³-hybridized carbons (Fsp3) is 0.318. The van der Waals surface area contributed by atoms with E-state index in [0.717, 1.165) is 22.8 Å². The summed E-state index contributed by atoms with van der Waals surface area (Å²) in [5.74, 6) is 2.17. The summed E-state index contributed by atoms with van der Waals surface area (Å²) in [6.45, 7) is 5.98. The van der Waals surface area contributed by atoms with Crippen LogP contribution >= 0.6 is 0 Å². The van der Waals surface area contributed by atoms with E-state index in [4.69, 9.17) is 14.2 Å². The van der Waals surface area contributed by atoms with E-state index in [-0.39, 0.29) is 12.0 Å². The fourth-order valence-electron chi connectivity index (χ4n) is 2.95. The number of likely N-dealkylation sites (N-methyl/N-ethyl adjacent to an activating group) is 1. The van der Waals surface area contributed by atoms with Gasteiger partial charge in [0.2, 0.25) is 5.91 Å². The molecular weight excluding hydrogens is 342 g/mol. The molecule has 0 radical (unpaired) electrons. The number of para-hydroxylation sites is 3. The van der Waals surface area contributed by atoms with Crippen LogP contribution in [-0.2, 0) is 4.79 Å². The van der Waals surface area contributed by atoms with Crippen LogP contribution in [-0.4, -0.2) is 43.2 Å². The van der Waals surface area contributed by atoms with Crippen LogP contribution in [0, 0.1) is 0 Å². The van der Waals surface area contributed by atoms with Gasteiger partial charge in [0, 0.05) is 18.2 Å². The van der Waals surface area contributed by atoms with Gasteiger partial charge in [-0.05, 0) is 38.1 Å². The van der Waals surface area contributed by atoms with E-state index in [9.17, 15) is 4.79 Å². The number of rotatable bonds is 7. The molecule has 0 aliphatic carbocycles. The molecule has 5 nitrogen and oxygen atoms in total. The maximum Gasteiger partial charge on any atom is 0.246 e. The third-order valence-electron chi connectivity index (χ3n) is 4.31. The number of hydrogen-bond acceptors (Lipinski definition) is 4. The molecule has 0 spiro atoms. The van der Waals surface area contributed by atoms with Gasteiger partial charge in [-0.1, -0.05) is 30.3 Å². The van der Waals surface area contributed by atoms with Crippen LogP contribution in [0.5, 0.6) is 17.2 Å². The highest BCUT2D eigenvalue weighted by molar-refractivity contribution is 5.92. The zero-order chi connectivity index (χ0) is 19.1. The van der Waals surface area contributed by atoms with E-state index in [2.05, 4.69) is 0 Å². The van der Waals surface area contributed by atoms with Crippen LogP contribution in [0.25, 0.3) is 6.08 Å². The van der Waals surface area contributed by atoms with Crippen molar-refractivity contribution in [3.8, 4) is 17.2 Å². The minimum atomic E-state index is -0.187. The Balaban J connectivity index is 1.63. The Kier molecular flexibility index (Phi) is 6.36. The lowest BCUT2D eigenvalue weighted by molar-refractivity contribution is -0.127. The lowest BCUT2D eigenvalue weighted by atomic mass is 10.2. The van der Waals surface area contributed by atoms with Crippen LogP contribution < -0.4 is 14.2 Å². The van der Waals surface area contributed by atoms with Gasteiger partial charge in [-0.15, -0.1) is 0 Å². The van der Waals surface area contributed by atoms with Crippen LogP contribution in [0.1, 0.15) is 19.4 Å². The lowest BCUT2D eigenvalue weighted by Crippen LogP contribution is -2.43. The minimum absolute atomic E-state index is 0.0636. The summed E-state index contributed by atoms with van der Waals surface area (Å²) in [4.78, 5) is 14.4. The highest BCUT2D eigenvalue weighted by Crippen LogP contribution is 2.31. The molecule has 1 atom stereocenters. The van der Waals surface area contributed by atoms with Crippen molar-refractivity contribution in [1.82, 2.24) is 4.90 Å². The first-order valence-electron chi connectivity index (χ1n) is 9.28. The zero-order valence-corrected chi connectivity index (χ0v) is 15.8. The normalized spacial score (nSPS) is 15.6. The van der Waals surface area contributed by atoms with Crippen LogP contribution in [0.3, 0.4) is 0 Å². The Bertz CT molecular complexity index is 802. The molecule has 1 aliphatic heterocycles. The first kappa shape index (κ1) is 18.8. The molecule has 0 saturated heterocycles. The van der Waals surface area contributed by atoms with E-state index in [0.29, 0.717) is 26.3 Å². The molecule has 1 unspecified atom stereocenters. The number of fused-ring (bicyclic) bond motifs is 1. The molecular formula is C22H25NO4. The maximum absolute atomic E-state index is 12.6. The number of amides is 1. The molecule has 0 aromatic heterocycles. The summed E-state index contributed by atoms with van der Waals surface area (Å²) < 4.78 is 17.3. The smallest absolute Gasteiger partial charge is 0.246 e. The summed E-state index contributed by atoms with van der Waals surface area (Å²) in [7, 11) is 0. The monoisotopic (exact) mass is 367 g/mol. The topological polar surface area (TPSA) is 48.0 Å². The Morgan fingerprint density at radius 3 is 2.67 bits per heavy atom. The predicted molar refractivity (Wildman–Crippen MR) is 105 cm³/mol. The Labute approximate surface area is 160 Å². The van der Waals surface area contributed by atoms with E-state index in [1.165, 1.54) is 0 Å². The third-order valence-corrected chi connectivity index (χ3v) is 4.31. The van der Waals surface area contributed by atoms with Crippen LogP contribution in [0.15, 0.2) is 54.6 Å². The van der Waals surface area contributed by atoms with Gasteiger partial charge in [-0.2, -0.15) is 0 Å². The molecule has 27 heavy (non-hydrogen) atoms. The van der Waals surface area contributed by atoms with Gasteiger partial charge in [0.05, 0.1) is 13.2 Å². The maximum atomic E-state index is 12.6. The number of carbonyl (C=O) groups is 1. The number of benzene rings is 2. The summed E-state index contributed by atoms with van der Waals surface area (Å²) in [6.07, 6.45) is 3.19. The second kappa shape index (κ2) is 9.12. The van der Waals surface area contributed by atoms with Crippen molar-refractivity contribution in [2.75, 3.05) is 26.3 Å². The van der Waals surface area contributed by atoms with E-state index >= 15 is 0 Å². The molecule has 0 fully saturated rings.